The average Bonchev–Trinajstić information content (AvgIpc) is 2.50. The van der Waals surface area contributed by atoms with Crippen LogP contribution in [0, 0.1) is 0 Å². The molecule has 2 heterocycles. The summed E-state index contributed by atoms with van der Waals surface area (Å²) >= 11 is 0. The van der Waals surface area contributed by atoms with E-state index in [2.05, 4.69) is 10.1 Å². The van der Waals surface area contributed by atoms with Crippen molar-refractivity contribution in [2.75, 3.05) is 0 Å². The highest BCUT2D eigenvalue weighted by atomic mass is 35.5. The molecule has 0 saturated carbocycles. The summed E-state index contributed by atoms with van der Waals surface area (Å²) in [6, 6.07) is 1.85. The van der Waals surface area contributed by atoms with Crippen LogP contribution in [-0.2, 0) is 6.54 Å². The fourth-order valence-corrected chi connectivity index (χ4v) is 0.954. The van der Waals surface area contributed by atoms with E-state index in [-0.39, 0.29) is 12.4 Å². The topological polar surface area (TPSA) is 56.2 Å². The van der Waals surface area contributed by atoms with Gasteiger partial charge in [-0.2, -0.15) is 5.10 Å². The number of aromatic nitrogens is 3. The van der Waals surface area contributed by atoms with Crippen LogP contribution in [0.25, 0.3) is 5.65 Å². The van der Waals surface area contributed by atoms with Crippen molar-refractivity contribution in [3.05, 3.63) is 30.2 Å². The van der Waals surface area contributed by atoms with Crippen LogP contribution in [-0.4, -0.2) is 14.6 Å². The standard InChI is InChI=1S/C7H8N4.ClH/c8-3-6-4-9-7-1-2-10-11(7)5-6;/h1-2,4-5H,3,8H2;1H. The first-order valence-electron chi connectivity index (χ1n) is 3.38. The summed E-state index contributed by atoms with van der Waals surface area (Å²) < 4.78 is 1.71. The van der Waals surface area contributed by atoms with E-state index in [1.165, 1.54) is 0 Å². The Balaban J connectivity index is 0.000000720. The summed E-state index contributed by atoms with van der Waals surface area (Å²) in [5.41, 5.74) is 7.26. The molecular weight excluding hydrogens is 176 g/mol. The summed E-state index contributed by atoms with van der Waals surface area (Å²) in [7, 11) is 0. The molecule has 12 heavy (non-hydrogen) atoms. The third-order valence-electron chi connectivity index (χ3n) is 1.54. The molecule has 0 bridgehead atoms. The van der Waals surface area contributed by atoms with Crippen LogP contribution in [0.4, 0.5) is 0 Å². The molecule has 2 aromatic heterocycles. The molecule has 0 aromatic carbocycles. The maximum absolute atomic E-state index is 5.43. The Hall–Kier alpha value is -1.13. The minimum Gasteiger partial charge on any atom is -0.326 e. The van der Waals surface area contributed by atoms with Gasteiger partial charge in [0.05, 0.1) is 6.20 Å². The van der Waals surface area contributed by atoms with Crippen LogP contribution < -0.4 is 5.73 Å². The molecule has 5 heteroatoms. The third-order valence-corrected chi connectivity index (χ3v) is 1.54. The second-order valence-electron chi connectivity index (χ2n) is 2.30. The average molecular weight is 185 g/mol. The number of hydrogen-bond donors (Lipinski definition) is 1. The van der Waals surface area contributed by atoms with Crippen molar-refractivity contribution in [3.63, 3.8) is 0 Å². The Morgan fingerprint density at radius 3 is 3.08 bits per heavy atom. The van der Waals surface area contributed by atoms with Gasteiger partial charge in [0.1, 0.15) is 0 Å². The van der Waals surface area contributed by atoms with Gasteiger partial charge >= 0.3 is 0 Å². The zero-order chi connectivity index (χ0) is 7.68. The van der Waals surface area contributed by atoms with E-state index in [9.17, 15) is 0 Å². The van der Waals surface area contributed by atoms with Gasteiger partial charge in [0.15, 0.2) is 5.65 Å². The van der Waals surface area contributed by atoms with Gasteiger partial charge < -0.3 is 5.73 Å². The third kappa shape index (κ3) is 1.39. The number of halogens is 1. The predicted molar refractivity (Wildman–Crippen MR) is 48.1 cm³/mol. The molecule has 2 N–H and O–H groups in total. The second-order valence-corrected chi connectivity index (χ2v) is 2.30. The number of hydrogen-bond acceptors (Lipinski definition) is 3. The van der Waals surface area contributed by atoms with Crippen molar-refractivity contribution in [1.82, 2.24) is 14.6 Å². The first kappa shape index (κ1) is 8.96. The van der Waals surface area contributed by atoms with Crippen LogP contribution in [0.1, 0.15) is 5.56 Å². The van der Waals surface area contributed by atoms with Crippen molar-refractivity contribution >= 4 is 18.1 Å². The Labute approximate surface area is 75.8 Å². The molecule has 4 nitrogen and oxygen atoms in total. The van der Waals surface area contributed by atoms with Crippen LogP contribution >= 0.6 is 12.4 Å². The zero-order valence-electron chi connectivity index (χ0n) is 6.34. The second kappa shape index (κ2) is 3.51. The van der Waals surface area contributed by atoms with Crippen molar-refractivity contribution < 1.29 is 0 Å². The Morgan fingerprint density at radius 1 is 1.50 bits per heavy atom. The first-order chi connectivity index (χ1) is 5.40. The van der Waals surface area contributed by atoms with E-state index in [0.29, 0.717) is 6.54 Å². The molecule has 0 unspecified atom stereocenters. The molecule has 0 aliphatic rings. The van der Waals surface area contributed by atoms with E-state index < -0.39 is 0 Å². The summed E-state index contributed by atoms with van der Waals surface area (Å²) in [6.07, 6.45) is 5.35. The fraction of sp³-hybridized carbons (Fsp3) is 0.143. The lowest BCUT2D eigenvalue weighted by Crippen LogP contribution is -2.00. The molecule has 0 amide bonds. The predicted octanol–water partition coefficient (Wildman–Crippen LogP) is 0.610. The van der Waals surface area contributed by atoms with Crippen molar-refractivity contribution in [2.24, 2.45) is 5.73 Å². The van der Waals surface area contributed by atoms with Crippen LogP contribution in [0.5, 0.6) is 0 Å². The number of nitrogens with two attached hydrogens (primary N) is 1. The van der Waals surface area contributed by atoms with Crippen LogP contribution in [0.15, 0.2) is 24.7 Å². The maximum atomic E-state index is 5.43. The highest BCUT2D eigenvalue weighted by Gasteiger charge is 1.94. The Kier molecular flexibility index (Phi) is 2.62. The fourth-order valence-electron chi connectivity index (χ4n) is 0.954. The summed E-state index contributed by atoms with van der Waals surface area (Å²) in [6.45, 7) is 0.503. The molecule has 0 spiro atoms. The molecule has 0 saturated heterocycles. The van der Waals surface area contributed by atoms with Gasteiger partial charge in [-0.3, -0.25) is 0 Å². The molecule has 2 aromatic rings. The zero-order valence-corrected chi connectivity index (χ0v) is 7.16. The minimum atomic E-state index is 0. The lowest BCUT2D eigenvalue weighted by atomic mass is 10.3. The summed E-state index contributed by atoms with van der Waals surface area (Å²) in [5.74, 6) is 0. The lowest BCUT2D eigenvalue weighted by Gasteiger charge is -1.95. The van der Waals surface area contributed by atoms with Gasteiger partial charge in [0.2, 0.25) is 0 Å². The highest BCUT2D eigenvalue weighted by molar-refractivity contribution is 5.85. The molecule has 0 radical (unpaired) electrons. The highest BCUT2D eigenvalue weighted by Crippen LogP contribution is 1.99. The molecule has 0 aliphatic heterocycles. The monoisotopic (exact) mass is 184 g/mol. The van der Waals surface area contributed by atoms with Crippen LogP contribution in [0.3, 0.4) is 0 Å². The number of fused-ring (bicyclic) bond motifs is 1. The first-order valence-corrected chi connectivity index (χ1v) is 3.38. The lowest BCUT2D eigenvalue weighted by molar-refractivity contribution is 0.902. The number of rotatable bonds is 1. The molecule has 0 aliphatic carbocycles. The Bertz CT molecular complexity index is 370. The van der Waals surface area contributed by atoms with Gasteiger partial charge in [-0.1, -0.05) is 0 Å². The van der Waals surface area contributed by atoms with E-state index in [1.54, 1.807) is 16.9 Å². The van der Waals surface area contributed by atoms with E-state index in [0.717, 1.165) is 11.2 Å². The largest absolute Gasteiger partial charge is 0.326 e. The maximum Gasteiger partial charge on any atom is 0.154 e. The van der Waals surface area contributed by atoms with E-state index >= 15 is 0 Å². The quantitative estimate of drug-likeness (QED) is 0.707. The Morgan fingerprint density at radius 2 is 2.33 bits per heavy atom. The van der Waals surface area contributed by atoms with Gasteiger partial charge in [-0.25, -0.2) is 9.50 Å². The van der Waals surface area contributed by atoms with Gasteiger partial charge in [-0.15, -0.1) is 12.4 Å². The van der Waals surface area contributed by atoms with Crippen LogP contribution in [0.2, 0.25) is 0 Å². The van der Waals surface area contributed by atoms with Crippen molar-refractivity contribution in [3.8, 4) is 0 Å². The van der Waals surface area contributed by atoms with Crippen molar-refractivity contribution in [1.29, 1.82) is 0 Å². The van der Waals surface area contributed by atoms with E-state index in [4.69, 9.17) is 5.73 Å². The van der Waals surface area contributed by atoms with Gasteiger partial charge in [-0.05, 0) is 0 Å². The summed E-state index contributed by atoms with van der Waals surface area (Å²) in [4.78, 5) is 4.13. The SMILES string of the molecule is Cl.NCc1cnc2ccnn2c1. The molecule has 0 atom stereocenters. The smallest absolute Gasteiger partial charge is 0.154 e. The minimum absolute atomic E-state index is 0. The van der Waals surface area contributed by atoms with Gasteiger partial charge in [0.25, 0.3) is 0 Å². The normalized spacial score (nSPS) is 9.75. The molecule has 64 valence electrons. The molecular formula is C7H9ClN4. The van der Waals surface area contributed by atoms with Gasteiger partial charge in [0, 0.05) is 30.6 Å². The number of nitrogens with zero attached hydrogens (tertiary/aromatic N) is 3. The summed E-state index contributed by atoms with van der Waals surface area (Å²) in [5, 5.41) is 4.03. The van der Waals surface area contributed by atoms with Crippen molar-refractivity contribution in [2.45, 2.75) is 6.54 Å². The van der Waals surface area contributed by atoms with E-state index in [1.807, 2.05) is 12.3 Å². The molecule has 0 fully saturated rings. The molecule has 2 rings (SSSR count).